The van der Waals surface area contributed by atoms with E-state index in [9.17, 15) is 4.39 Å². The van der Waals surface area contributed by atoms with E-state index in [1.54, 1.807) is 6.07 Å². The Labute approximate surface area is 106 Å². The maximum absolute atomic E-state index is 13.3. The Bertz CT molecular complexity index is 567. The lowest BCUT2D eigenvalue weighted by molar-refractivity contribution is 0.627. The zero-order valence-electron chi connectivity index (χ0n) is 10.8. The Balaban J connectivity index is 2.52. The standard InChI is InChI=1S/C14H16FN3/c1-9-4-5-11(15)7-13(9)14-17-10(2)6-12(18-14)8-16-3/h4-7,16H,8H2,1-3H3. The molecule has 1 aromatic carbocycles. The van der Waals surface area contributed by atoms with Gasteiger partial charge in [-0.2, -0.15) is 0 Å². The molecule has 0 aliphatic rings. The Morgan fingerprint density at radius 1 is 1.17 bits per heavy atom. The van der Waals surface area contributed by atoms with Crippen molar-refractivity contribution in [2.45, 2.75) is 20.4 Å². The predicted octanol–water partition coefficient (Wildman–Crippen LogP) is 2.62. The van der Waals surface area contributed by atoms with Crippen molar-refractivity contribution in [2.75, 3.05) is 7.05 Å². The second-order valence-corrected chi connectivity index (χ2v) is 4.31. The van der Waals surface area contributed by atoms with Gasteiger partial charge in [-0.15, -0.1) is 0 Å². The molecular weight excluding hydrogens is 229 g/mol. The molecule has 1 N–H and O–H groups in total. The van der Waals surface area contributed by atoms with Gasteiger partial charge in [-0.05, 0) is 44.7 Å². The Morgan fingerprint density at radius 3 is 2.67 bits per heavy atom. The molecule has 18 heavy (non-hydrogen) atoms. The van der Waals surface area contributed by atoms with Gasteiger partial charge in [0.1, 0.15) is 5.82 Å². The highest BCUT2D eigenvalue weighted by Gasteiger charge is 2.08. The molecule has 0 radical (unpaired) electrons. The quantitative estimate of drug-likeness (QED) is 0.903. The molecule has 0 spiro atoms. The summed E-state index contributed by atoms with van der Waals surface area (Å²) in [6.45, 7) is 4.52. The molecule has 3 nitrogen and oxygen atoms in total. The molecule has 0 amide bonds. The van der Waals surface area contributed by atoms with Gasteiger partial charge in [0.05, 0.1) is 5.69 Å². The molecule has 0 atom stereocenters. The van der Waals surface area contributed by atoms with Gasteiger partial charge < -0.3 is 5.32 Å². The number of aromatic nitrogens is 2. The van der Waals surface area contributed by atoms with Crippen molar-refractivity contribution in [3.05, 3.63) is 47.0 Å². The van der Waals surface area contributed by atoms with E-state index >= 15 is 0 Å². The van der Waals surface area contributed by atoms with Crippen molar-refractivity contribution >= 4 is 0 Å². The molecule has 0 fully saturated rings. The first-order valence-corrected chi connectivity index (χ1v) is 5.86. The third kappa shape index (κ3) is 2.71. The lowest BCUT2D eigenvalue weighted by atomic mass is 10.1. The number of nitrogens with one attached hydrogen (secondary N) is 1. The van der Waals surface area contributed by atoms with Crippen LogP contribution in [0.5, 0.6) is 0 Å². The summed E-state index contributed by atoms with van der Waals surface area (Å²) in [4.78, 5) is 8.84. The van der Waals surface area contributed by atoms with Crippen LogP contribution >= 0.6 is 0 Å². The van der Waals surface area contributed by atoms with Gasteiger partial charge in [0.15, 0.2) is 5.82 Å². The summed E-state index contributed by atoms with van der Waals surface area (Å²) in [6, 6.07) is 6.60. The topological polar surface area (TPSA) is 37.8 Å². The first kappa shape index (κ1) is 12.6. The molecule has 0 saturated heterocycles. The fourth-order valence-corrected chi connectivity index (χ4v) is 1.86. The van der Waals surface area contributed by atoms with E-state index in [0.29, 0.717) is 12.4 Å². The first-order chi connectivity index (χ1) is 8.60. The Kier molecular flexibility index (Phi) is 3.67. The zero-order valence-corrected chi connectivity index (χ0v) is 10.8. The summed E-state index contributed by atoms with van der Waals surface area (Å²) in [5, 5.41) is 3.05. The number of hydrogen-bond donors (Lipinski definition) is 1. The molecule has 0 aliphatic carbocycles. The minimum absolute atomic E-state index is 0.268. The molecule has 0 bridgehead atoms. The number of nitrogens with zero attached hydrogens (tertiary/aromatic N) is 2. The molecule has 0 saturated carbocycles. The molecule has 0 aliphatic heterocycles. The van der Waals surface area contributed by atoms with Crippen LogP contribution in [0.1, 0.15) is 17.0 Å². The normalized spacial score (nSPS) is 10.7. The fraction of sp³-hybridized carbons (Fsp3) is 0.286. The summed E-state index contributed by atoms with van der Waals surface area (Å²) < 4.78 is 13.3. The molecule has 0 unspecified atom stereocenters. The summed E-state index contributed by atoms with van der Waals surface area (Å²) >= 11 is 0. The molecule has 94 valence electrons. The number of hydrogen-bond acceptors (Lipinski definition) is 3. The van der Waals surface area contributed by atoms with Crippen LogP contribution in [-0.2, 0) is 6.54 Å². The van der Waals surface area contributed by atoms with Gasteiger partial charge in [-0.3, -0.25) is 0 Å². The lowest BCUT2D eigenvalue weighted by Crippen LogP contribution is -2.09. The third-order valence-corrected chi connectivity index (χ3v) is 2.71. The largest absolute Gasteiger partial charge is 0.314 e. The van der Waals surface area contributed by atoms with Crippen molar-refractivity contribution in [3.8, 4) is 11.4 Å². The van der Waals surface area contributed by atoms with Crippen LogP contribution in [0.3, 0.4) is 0 Å². The SMILES string of the molecule is CNCc1cc(C)nc(-c2cc(F)ccc2C)n1. The predicted molar refractivity (Wildman–Crippen MR) is 69.7 cm³/mol. The minimum atomic E-state index is -0.268. The van der Waals surface area contributed by atoms with E-state index in [0.717, 1.165) is 22.5 Å². The van der Waals surface area contributed by atoms with E-state index in [-0.39, 0.29) is 5.82 Å². The third-order valence-electron chi connectivity index (χ3n) is 2.71. The zero-order chi connectivity index (χ0) is 13.1. The maximum Gasteiger partial charge on any atom is 0.160 e. The smallest absolute Gasteiger partial charge is 0.160 e. The van der Waals surface area contributed by atoms with Gasteiger partial charge >= 0.3 is 0 Å². The van der Waals surface area contributed by atoms with Crippen molar-refractivity contribution < 1.29 is 4.39 Å². The molecule has 1 heterocycles. The van der Waals surface area contributed by atoms with Crippen LogP contribution in [0.2, 0.25) is 0 Å². The van der Waals surface area contributed by atoms with E-state index < -0.39 is 0 Å². The summed E-state index contributed by atoms with van der Waals surface area (Å²) in [6.07, 6.45) is 0. The molecule has 4 heteroatoms. The van der Waals surface area contributed by atoms with Gasteiger partial charge in [0.25, 0.3) is 0 Å². The molecule has 1 aromatic heterocycles. The van der Waals surface area contributed by atoms with Crippen LogP contribution < -0.4 is 5.32 Å². The first-order valence-electron chi connectivity index (χ1n) is 5.86. The summed E-state index contributed by atoms with van der Waals surface area (Å²) in [5.74, 6) is 0.313. The second kappa shape index (κ2) is 5.23. The van der Waals surface area contributed by atoms with Crippen molar-refractivity contribution in [1.29, 1.82) is 0 Å². The van der Waals surface area contributed by atoms with Crippen LogP contribution in [0.25, 0.3) is 11.4 Å². The van der Waals surface area contributed by atoms with Crippen LogP contribution in [0.4, 0.5) is 4.39 Å². The fourth-order valence-electron chi connectivity index (χ4n) is 1.86. The van der Waals surface area contributed by atoms with E-state index in [4.69, 9.17) is 0 Å². The number of rotatable bonds is 3. The van der Waals surface area contributed by atoms with E-state index in [2.05, 4.69) is 15.3 Å². The number of halogens is 1. The summed E-state index contributed by atoms with van der Waals surface area (Å²) in [5.41, 5.74) is 3.51. The van der Waals surface area contributed by atoms with Gasteiger partial charge in [-0.1, -0.05) is 6.07 Å². The van der Waals surface area contributed by atoms with Crippen molar-refractivity contribution in [2.24, 2.45) is 0 Å². The molecule has 2 rings (SSSR count). The van der Waals surface area contributed by atoms with Crippen LogP contribution in [0.15, 0.2) is 24.3 Å². The highest BCUT2D eigenvalue weighted by atomic mass is 19.1. The van der Waals surface area contributed by atoms with Gasteiger partial charge in [0.2, 0.25) is 0 Å². The number of aryl methyl sites for hydroxylation is 2. The Hall–Kier alpha value is -1.81. The van der Waals surface area contributed by atoms with Crippen molar-refractivity contribution in [3.63, 3.8) is 0 Å². The van der Waals surface area contributed by atoms with Crippen molar-refractivity contribution in [1.82, 2.24) is 15.3 Å². The highest BCUT2D eigenvalue weighted by Crippen LogP contribution is 2.21. The highest BCUT2D eigenvalue weighted by molar-refractivity contribution is 5.60. The van der Waals surface area contributed by atoms with Crippen LogP contribution in [-0.4, -0.2) is 17.0 Å². The maximum atomic E-state index is 13.3. The molecule has 2 aromatic rings. The average Bonchev–Trinajstić information content (AvgIpc) is 2.32. The Morgan fingerprint density at radius 2 is 1.94 bits per heavy atom. The van der Waals surface area contributed by atoms with Gasteiger partial charge in [0, 0.05) is 17.8 Å². The lowest BCUT2D eigenvalue weighted by Gasteiger charge is -2.08. The minimum Gasteiger partial charge on any atom is -0.314 e. The average molecular weight is 245 g/mol. The van der Waals surface area contributed by atoms with Crippen LogP contribution in [0, 0.1) is 19.7 Å². The number of benzene rings is 1. The van der Waals surface area contributed by atoms with E-state index in [1.165, 1.54) is 12.1 Å². The summed E-state index contributed by atoms with van der Waals surface area (Å²) in [7, 11) is 1.87. The van der Waals surface area contributed by atoms with Gasteiger partial charge in [-0.25, -0.2) is 14.4 Å². The molecular formula is C14H16FN3. The van der Waals surface area contributed by atoms with E-state index in [1.807, 2.05) is 27.0 Å². The second-order valence-electron chi connectivity index (χ2n) is 4.31. The monoisotopic (exact) mass is 245 g/mol.